The number of hydrogen-bond acceptors (Lipinski definition) is 5. The zero-order valence-electron chi connectivity index (χ0n) is 12.2. The molecule has 0 atom stereocenters. The SMILES string of the molecule is CC(C)(C)OC(=O)Nc1conc1-c1ccc(CO)cc1. The van der Waals surface area contributed by atoms with Crippen LogP contribution in [0.4, 0.5) is 10.5 Å². The second-order valence-electron chi connectivity index (χ2n) is 5.56. The summed E-state index contributed by atoms with van der Waals surface area (Å²) in [5.41, 5.74) is 1.92. The summed E-state index contributed by atoms with van der Waals surface area (Å²) in [6, 6.07) is 7.15. The van der Waals surface area contributed by atoms with E-state index in [1.807, 2.05) is 0 Å². The molecule has 1 heterocycles. The first-order valence-electron chi connectivity index (χ1n) is 6.53. The average molecular weight is 290 g/mol. The van der Waals surface area contributed by atoms with Crippen LogP contribution in [0.3, 0.4) is 0 Å². The zero-order chi connectivity index (χ0) is 15.5. The lowest BCUT2D eigenvalue weighted by molar-refractivity contribution is 0.0636. The Morgan fingerprint density at radius 1 is 1.33 bits per heavy atom. The average Bonchev–Trinajstić information content (AvgIpc) is 2.84. The summed E-state index contributed by atoms with van der Waals surface area (Å²) < 4.78 is 10.1. The minimum atomic E-state index is -0.579. The maximum Gasteiger partial charge on any atom is 0.412 e. The van der Waals surface area contributed by atoms with E-state index in [4.69, 9.17) is 14.4 Å². The number of nitrogens with zero attached hydrogens (tertiary/aromatic N) is 1. The summed E-state index contributed by atoms with van der Waals surface area (Å²) in [4.78, 5) is 11.8. The van der Waals surface area contributed by atoms with Crippen molar-refractivity contribution in [2.24, 2.45) is 0 Å². The number of amides is 1. The number of nitrogens with one attached hydrogen (secondary N) is 1. The lowest BCUT2D eigenvalue weighted by Gasteiger charge is -2.19. The van der Waals surface area contributed by atoms with Crippen molar-refractivity contribution >= 4 is 11.8 Å². The fourth-order valence-corrected chi connectivity index (χ4v) is 1.72. The molecule has 2 N–H and O–H groups in total. The van der Waals surface area contributed by atoms with Gasteiger partial charge in [-0.2, -0.15) is 0 Å². The van der Waals surface area contributed by atoms with Gasteiger partial charge in [0.1, 0.15) is 23.2 Å². The van der Waals surface area contributed by atoms with Crippen molar-refractivity contribution in [3.8, 4) is 11.3 Å². The monoisotopic (exact) mass is 290 g/mol. The minimum absolute atomic E-state index is 0.0257. The molecule has 112 valence electrons. The summed E-state index contributed by atoms with van der Waals surface area (Å²) >= 11 is 0. The fraction of sp³-hybridized carbons (Fsp3) is 0.333. The van der Waals surface area contributed by atoms with Crippen LogP contribution in [0, 0.1) is 0 Å². The van der Waals surface area contributed by atoms with Crippen LogP contribution in [-0.4, -0.2) is 22.0 Å². The van der Waals surface area contributed by atoms with Crippen molar-refractivity contribution in [3.63, 3.8) is 0 Å². The normalized spacial score (nSPS) is 11.2. The van der Waals surface area contributed by atoms with E-state index in [2.05, 4.69) is 10.5 Å². The Morgan fingerprint density at radius 3 is 2.57 bits per heavy atom. The molecule has 0 aliphatic carbocycles. The molecule has 2 aromatic rings. The number of benzene rings is 1. The molecule has 0 spiro atoms. The fourth-order valence-electron chi connectivity index (χ4n) is 1.72. The second-order valence-corrected chi connectivity index (χ2v) is 5.56. The van der Waals surface area contributed by atoms with Crippen LogP contribution in [0.1, 0.15) is 26.3 Å². The Bertz CT molecular complexity index is 611. The van der Waals surface area contributed by atoms with Gasteiger partial charge in [0.25, 0.3) is 0 Å². The van der Waals surface area contributed by atoms with Crippen molar-refractivity contribution in [1.29, 1.82) is 0 Å². The number of rotatable bonds is 3. The summed E-state index contributed by atoms with van der Waals surface area (Å²) in [5, 5.41) is 15.5. The Kier molecular flexibility index (Phi) is 4.28. The van der Waals surface area contributed by atoms with Crippen LogP contribution in [0.25, 0.3) is 11.3 Å². The molecule has 0 radical (unpaired) electrons. The van der Waals surface area contributed by atoms with Gasteiger partial charge in [-0.25, -0.2) is 4.79 Å². The van der Waals surface area contributed by atoms with Crippen molar-refractivity contribution in [3.05, 3.63) is 36.1 Å². The van der Waals surface area contributed by atoms with Gasteiger partial charge in [-0.05, 0) is 26.3 Å². The molecule has 1 amide bonds. The molecular formula is C15H18N2O4. The molecule has 0 bridgehead atoms. The first kappa shape index (κ1) is 15.1. The third kappa shape index (κ3) is 4.06. The van der Waals surface area contributed by atoms with Gasteiger partial charge in [0.2, 0.25) is 0 Å². The van der Waals surface area contributed by atoms with Gasteiger partial charge in [-0.3, -0.25) is 5.32 Å². The highest BCUT2D eigenvalue weighted by Crippen LogP contribution is 2.27. The molecule has 2 rings (SSSR count). The van der Waals surface area contributed by atoms with Gasteiger partial charge >= 0.3 is 6.09 Å². The summed E-state index contributed by atoms with van der Waals surface area (Å²) in [6.07, 6.45) is 0.776. The van der Waals surface area contributed by atoms with Gasteiger partial charge in [-0.1, -0.05) is 29.4 Å². The van der Waals surface area contributed by atoms with Gasteiger partial charge in [0.05, 0.1) is 6.61 Å². The summed E-state index contributed by atoms with van der Waals surface area (Å²) in [6.45, 7) is 5.33. The number of aromatic nitrogens is 1. The van der Waals surface area contributed by atoms with Gasteiger partial charge < -0.3 is 14.4 Å². The molecule has 21 heavy (non-hydrogen) atoms. The van der Waals surface area contributed by atoms with Crippen molar-refractivity contribution in [1.82, 2.24) is 5.16 Å². The summed E-state index contributed by atoms with van der Waals surface area (Å²) in [5.74, 6) is 0. The largest absolute Gasteiger partial charge is 0.444 e. The predicted molar refractivity (Wildman–Crippen MR) is 77.7 cm³/mol. The highest BCUT2D eigenvalue weighted by Gasteiger charge is 2.19. The van der Waals surface area contributed by atoms with E-state index >= 15 is 0 Å². The van der Waals surface area contributed by atoms with Crippen LogP contribution in [0.15, 0.2) is 35.1 Å². The van der Waals surface area contributed by atoms with Crippen LogP contribution in [-0.2, 0) is 11.3 Å². The Hall–Kier alpha value is -2.34. The molecule has 0 aliphatic heterocycles. The first-order valence-corrected chi connectivity index (χ1v) is 6.53. The number of hydrogen-bond donors (Lipinski definition) is 2. The Labute approximate surface area is 122 Å². The van der Waals surface area contributed by atoms with Crippen molar-refractivity contribution in [2.45, 2.75) is 33.0 Å². The number of anilines is 1. The predicted octanol–water partition coefficient (Wildman–Crippen LogP) is 3.18. The van der Waals surface area contributed by atoms with E-state index in [1.165, 1.54) is 6.26 Å². The molecule has 0 aliphatic rings. The lowest BCUT2D eigenvalue weighted by atomic mass is 10.1. The van der Waals surface area contributed by atoms with Crippen molar-refractivity contribution < 1.29 is 19.2 Å². The van der Waals surface area contributed by atoms with E-state index in [0.717, 1.165) is 11.1 Å². The molecule has 0 saturated carbocycles. The van der Waals surface area contributed by atoms with Gasteiger partial charge in [0.15, 0.2) is 0 Å². The number of aliphatic hydroxyl groups is 1. The summed E-state index contributed by atoms with van der Waals surface area (Å²) in [7, 11) is 0. The van der Waals surface area contributed by atoms with Gasteiger partial charge in [0, 0.05) is 5.56 Å². The Balaban J connectivity index is 2.16. The maximum absolute atomic E-state index is 11.8. The van der Waals surface area contributed by atoms with Crippen molar-refractivity contribution in [2.75, 3.05) is 5.32 Å². The van der Waals surface area contributed by atoms with E-state index in [0.29, 0.717) is 11.4 Å². The molecule has 0 fully saturated rings. The molecule has 0 saturated heterocycles. The van der Waals surface area contributed by atoms with Crippen LogP contribution < -0.4 is 5.32 Å². The highest BCUT2D eigenvalue weighted by molar-refractivity contribution is 5.89. The molecule has 1 aromatic carbocycles. The Morgan fingerprint density at radius 2 is 2.00 bits per heavy atom. The smallest absolute Gasteiger partial charge is 0.412 e. The highest BCUT2D eigenvalue weighted by atomic mass is 16.6. The molecule has 1 aromatic heterocycles. The first-order chi connectivity index (χ1) is 9.89. The van der Waals surface area contributed by atoms with E-state index in [-0.39, 0.29) is 6.61 Å². The number of aliphatic hydroxyl groups excluding tert-OH is 1. The molecule has 6 nitrogen and oxygen atoms in total. The topological polar surface area (TPSA) is 84.6 Å². The quantitative estimate of drug-likeness (QED) is 0.906. The number of carbonyl (C=O) groups excluding carboxylic acids is 1. The van der Waals surface area contributed by atoms with Crippen LogP contribution in [0.2, 0.25) is 0 Å². The van der Waals surface area contributed by atoms with Crippen LogP contribution >= 0.6 is 0 Å². The molecule has 6 heteroatoms. The van der Waals surface area contributed by atoms with E-state index in [1.54, 1.807) is 45.0 Å². The van der Waals surface area contributed by atoms with E-state index < -0.39 is 11.7 Å². The zero-order valence-corrected chi connectivity index (χ0v) is 12.2. The van der Waals surface area contributed by atoms with Crippen LogP contribution in [0.5, 0.6) is 0 Å². The number of carbonyl (C=O) groups is 1. The third-order valence-electron chi connectivity index (χ3n) is 2.62. The molecule has 0 unspecified atom stereocenters. The lowest BCUT2D eigenvalue weighted by Crippen LogP contribution is -2.27. The third-order valence-corrected chi connectivity index (χ3v) is 2.62. The minimum Gasteiger partial charge on any atom is -0.444 e. The molecular weight excluding hydrogens is 272 g/mol. The van der Waals surface area contributed by atoms with E-state index in [9.17, 15) is 4.79 Å². The van der Waals surface area contributed by atoms with Gasteiger partial charge in [-0.15, -0.1) is 0 Å². The number of ether oxygens (including phenoxy) is 1. The maximum atomic E-state index is 11.8. The standard InChI is InChI=1S/C15H18N2O4/c1-15(2,3)21-14(19)16-12-9-20-17-13(12)11-6-4-10(8-18)5-7-11/h4-7,9,18H,8H2,1-3H3,(H,16,19). The second kappa shape index (κ2) is 5.97.